The first-order valence-electron chi connectivity index (χ1n) is 24.8. The summed E-state index contributed by atoms with van der Waals surface area (Å²) in [7, 11) is 5.84. The summed E-state index contributed by atoms with van der Waals surface area (Å²) in [6.45, 7) is 0. The highest BCUT2D eigenvalue weighted by Crippen LogP contribution is 2.51. The van der Waals surface area contributed by atoms with E-state index in [1.165, 1.54) is 28.4 Å². The number of methoxy groups -OCH3 is 4. The van der Waals surface area contributed by atoms with Crippen LogP contribution in [0.2, 0.25) is 0 Å². The first-order chi connectivity index (χ1) is 38.2. The fraction of sp³-hybridized carbons (Fsp3) is 0.0625. The molecule has 0 atom stereocenters. The summed E-state index contributed by atoms with van der Waals surface area (Å²) in [4.78, 5) is 62.9. The number of pyridine rings is 2. The van der Waals surface area contributed by atoms with Crippen molar-refractivity contribution in [3.63, 3.8) is 0 Å². The predicted octanol–water partition coefficient (Wildman–Crippen LogP) is 13.5. The van der Waals surface area contributed by atoms with Crippen molar-refractivity contribution in [2.45, 2.75) is 0 Å². The van der Waals surface area contributed by atoms with Crippen LogP contribution in [0.1, 0.15) is 0 Å². The topological polar surface area (TPSA) is 168 Å². The zero-order valence-corrected chi connectivity index (χ0v) is 41.8. The summed E-state index contributed by atoms with van der Waals surface area (Å²) in [5.74, 6) is 0.935. The number of fused-ring (bicyclic) bond motifs is 6. The van der Waals surface area contributed by atoms with E-state index in [0.29, 0.717) is 98.5 Å². The van der Waals surface area contributed by atoms with Crippen LogP contribution < -0.4 is 41.2 Å². The summed E-state index contributed by atoms with van der Waals surface area (Å²) < 4.78 is 54.3. The monoisotopic (exact) mass is 1030 g/mol. The van der Waals surface area contributed by atoms with Gasteiger partial charge in [-0.15, -0.1) is 0 Å². The molecule has 4 aromatic heterocycles. The van der Waals surface area contributed by atoms with Crippen molar-refractivity contribution in [3.05, 3.63) is 199 Å². The Labute approximate surface area is 436 Å². The Hall–Kier alpha value is -10.6. The van der Waals surface area contributed by atoms with Gasteiger partial charge in [0.1, 0.15) is 44.7 Å². The second-order valence-electron chi connectivity index (χ2n) is 19.0. The highest BCUT2D eigenvalue weighted by molar-refractivity contribution is 6.47. The molecule has 0 aliphatic heterocycles. The number of benzene rings is 11. The van der Waals surface area contributed by atoms with Crippen molar-refractivity contribution in [3.8, 4) is 34.4 Å². The highest BCUT2D eigenvalue weighted by Gasteiger charge is 2.31. The first kappa shape index (κ1) is 44.8. The molecule has 0 aliphatic carbocycles. The van der Waals surface area contributed by atoms with Crippen LogP contribution in [0.15, 0.2) is 195 Å². The summed E-state index contributed by atoms with van der Waals surface area (Å²) in [5, 5.41) is 6.11. The van der Waals surface area contributed by atoms with E-state index < -0.39 is 22.2 Å². The van der Waals surface area contributed by atoms with Gasteiger partial charge in [-0.25, -0.2) is 9.13 Å². The van der Waals surface area contributed by atoms with Gasteiger partial charge in [0, 0.05) is 64.6 Å². The standard InChI is InChI=1S/C64H38N2O12/c1-71-45-25-13-19-39(59(45)73-3)65-61(67)35-27-47-53-55-49(77-43-23-11-7-17-33(43)31-15-5-9-21-41(31)75-47)29-37-52-38(64(70)66(63(37)69)40-20-14-26-46(72-2)60(40)74-4)30-50-56(58(52)55)54-48(28-36(62(65)68)51(35)57(53)54)76-42-22-10-6-16-32(42)34-18-8-12-24-44(34)78-50/h5-30H,1-4H3. The average molecular weight is 1030 g/mol. The number of para-hydroxylation sites is 6. The number of aromatic nitrogens is 2. The molecule has 0 aliphatic rings. The van der Waals surface area contributed by atoms with E-state index in [2.05, 4.69) is 0 Å². The van der Waals surface area contributed by atoms with Crippen molar-refractivity contribution >= 4 is 131 Å². The van der Waals surface area contributed by atoms with Crippen molar-refractivity contribution < 1.29 is 36.6 Å². The fourth-order valence-corrected chi connectivity index (χ4v) is 11.9. The van der Waals surface area contributed by atoms with E-state index in [1.54, 1.807) is 60.7 Å². The van der Waals surface area contributed by atoms with Gasteiger partial charge in [0.2, 0.25) is 0 Å². The molecule has 0 spiro atoms. The Morgan fingerprint density at radius 3 is 0.833 bits per heavy atom. The minimum absolute atomic E-state index is 0.121. The lowest BCUT2D eigenvalue weighted by atomic mass is 9.85. The number of ether oxygens (including phenoxy) is 4. The van der Waals surface area contributed by atoms with Crippen LogP contribution in [0.4, 0.5) is 0 Å². The molecule has 0 bridgehead atoms. The number of hydrogen-bond acceptors (Lipinski definition) is 12. The van der Waals surface area contributed by atoms with Crippen LogP contribution in [-0.4, -0.2) is 37.6 Å². The van der Waals surface area contributed by atoms with E-state index in [-0.39, 0.29) is 66.8 Å². The third-order valence-corrected chi connectivity index (χ3v) is 15.2. The molecule has 0 unspecified atom stereocenters. The predicted molar refractivity (Wildman–Crippen MR) is 304 cm³/mol. The van der Waals surface area contributed by atoms with Crippen LogP contribution in [0.5, 0.6) is 23.0 Å². The molecule has 78 heavy (non-hydrogen) atoms. The minimum Gasteiger partial charge on any atom is -0.493 e. The molecule has 0 radical (unpaired) electrons. The Balaban J connectivity index is 1.33. The molecule has 0 saturated heterocycles. The Kier molecular flexibility index (Phi) is 9.46. The molecule has 14 heteroatoms. The lowest BCUT2D eigenvalue weighted by molar-refractivity contribution is 0.353. The van der Waals surface area contributed by atoms with Crippen LogP contribution >= 0.6 is 0 Å². The van der Waals surface area contributed by atoms with Crippen LogP contribution in [0, 0.1) is 0 Å². The van der Waals surface area contributed by atoms with Crippen LogP contribution in [0.25, 0.3) is 142 Å². The van der Waals surface area contributed by atoms with E-state index in [9.17, 15) is 0 Å². The molecular formula is C64H38N2O12. The zero-order chi connectivity index (χ0) is 52.8. The normalized spacial score (nSPS) is 12.1. The molecule has 4 heterocycles. The average Bonchev–Trinajstić information content (AvgIpc) is 3.65. The van der Waals surface area contributed by atoms with Crippen molar-refractivity contribution in [1.29, 1.82) is 0 Å². The minimum atomic E-state index is -0.672. The van der Waals surface area contributed by atoms with Gasteiger partial charge in [-0.3, -0.25) is 19.2 Å². The summed E-state index contributed by atoms with van der Waals surface area (Å²) in [5.41, 5.74) is 0.0785. The Bertz CT molecular complexity index is 4890. The molecule has 14 nitrogen and oxygen atoms in total. The number of nitrogens with zero attached hydrogens (tertiary/aromatic N) is 2. The van der Waals surface area contributed by atoms with E-state index >= 15 is 19.2 Å². The third-order valence-electron chi connectivity index (χ3n) is 15.2. The van der Waals surface area contributed by atoms with E-state index in [1.807, 2.05) is 97.1 Å². The smallest absolute Gasteiger partial charge is 0.266 e. The van der Waals surface area contributed by atoms with Gasteiger partial charge in [-0.2, -0.15) is 0 Å². The fourth-order valence-electron chi connectivity index (χ4n) is 11.9. The summed E-state index contributed by atoms with van der Waals surface area (Å²) >= 11 is 0. The first-order valence-corrected chi connectivity index (χ1v) is 24.8. The Morgan fingerprint density at radius 1 is 0.282 bits per heavy atom. The van der Waals surface area contributed by atoms with Gasteiger partial charge in [0.15, 0.2) is 23.0 Å². The van der Waals surface area contributed by atoms with Gasteiger partial charge in [0.25, 0.3) is 22.2 Å². The summed E-state index contributed by atoms with van der Waals surface area (Å²) in [6, 6.07) is 46.5. The van der Waals surface area contributed by atoms with Crippen LogP contribution in [-0.2, 0) is 0 Å². The van der Waals surface area contributed by atoms with Crippen molar-refractivity contribution in [2.75, 3.05) is 28.4 Å². The maximum atomic E-state index is 15.7. The molecule has 0 fully saturated rings. The van der Waals surface area contributed by atoms with Crippen molar-refractivity contribution in [1.82, 2.24) is 9.13 Å². The molecule has 15 rings (SSSR count). The molecule has 15 aromatic rings. The zero-order valence-electron chi connectivity index (χ0n) is 41.8. The van der Waals surface area contributed by atoms with Crippen molar-refractivity contribution in [2.24, 2.45) is 0 Å². The molecule has 11 aromatic carbocycles. The van der Waals surface area contributed by atoms with Gasteiger partial charge < -0.3 is 36.6 Å². The molecule has 0 amide bonds. The molecule has 0 saturated carbocycles. The molecule has 0 N–H and O–H groups in total. The van der Waals surface area contributed by atoms with Crippen LogP contribution in [0.3, 0.4) is 0 Å². The summed E-state index contributed by atoms with van der Waals surface area (Å²) in [6.07, 6.45) is 0. The lowest BCUT2D eigenvalue weighted by Gasteiger charge is -2.21. The SMILES string of the molecule is COc1cccc(-n2c(=O)c3cc4oc5ccccc5c5ccccc5oc5cc6c(=O)n(-c7cccc(OC)c7OC)c(=O)c7cc8oc9ccccc9c9ccccc9oc9cc(c2=O)c3c2c4c5c(c67)c8c92)c1OC. The lowest BCUT2D eigenvalue weighted by Crippen LogP contribution is -2.32. The highest BCUT2D eigenvalue weighted by atomic mass is 16.5. The van der Waals surface area contributed by atoms with Gasteiger partial charge in [0.05, 0.1) is 61.4 Å². The quantitative estimate of drug-likeness (QED) is 0.114. The van der Waals surface area contributed by atoms with Gasteiger partial charge in [-0.1, -0.05) is 84.9 Å². The van der Waals surface area contributed by atoms with E-state index in [0.717, 1.165) is 9.13 Å². The van der Waals surface area contributed by atoms with Gasteiger partial charge in [-0.05, 0) is 72.8 Å². The maximum Gasteiger partial charge on any atom is 0.266 e. The number of rotatable bonds is 6. The molecule has 376 valence electrons. The second kappa shape index (κ2) is 16.4. The second-order valence-corrected chi connectivity index (χ2v) is 19.0. The maximum absolute atomic E-state index is 15.7. The number of hydrogen-bond donors (Lipinski definition) is 0. The van der Waals surface area contributed by atoms with E-state index in [4.69, 9.17) is 36.6 Å². The third kappa shape index (κ3) is 5.96. The Morgan fingerprint density at radius 2 is 0.564 bits per heavy atom. The largest absolute Gasteiger partial charge is 0.493 e. The van der Waals surface area contributed by atoms with Gasteiger partial charge >= 0.3 is 0 Å². The molecular weight excluding hydrogens is 989 g/mol.